The van der Waals surface area contributed by atoms with Gasteiger partial charge in [-0.15, -0.1) is 0 Å². The number of ether oxygens (including phenoxy) is 2. The summed E-state index contributed by atoms with van der Waals surface area (Å²) < 4.78 is 11.0. The fourth-order valence-corrected chi connectivity index (χ4v) is 2.37. The molecule has 19 heavy (non-hydrogen) atoms. The van der Waals surface area contributed by atoms with Crippen molar-refractivity contribution in [2.75, 3.05) is 14.2 Å². The van der Waals surface area contributed by atoms with Gasteiger partial charge in [-0.3, -0.25) is 0 Å². The summed E-state index contributed by atoms with van der Waals surface area (Å²) in [5.41, 5.74) is 3.08. The van der Waals surface area contributed by atoms with Crippen LogP contribution in [0.4, 0.5) is 0 Å². The summed E-state index contributed by atoms with van der Waals surface area (Å²) in [5, 5.41) is 0.978. The standard InChI is InChI=1S/C16H15NO2/c1-18-13-10-6-9-12-14(13)16(19-2)15(17-12)11-7-4-3-5-8-11/h3-10,17H,1-2H3. The third-order valence-corrected chi connectivity index (χ3v) is 3.23. The van der Waals surface area contributed by atoms with Crippen molar-refractivity contribution in [2.24, 2.45) is 0 Å². The largest absolute Gasteiger partial charge is 0.496 e. The van der Waals surface area contributed by atoms with Crippen LogP contribution in [0.25, 0.3) is 22.2 Å². The SMILES string of the molecule is COc1cccc2[nH]c(-c3ccccc3)c(OC)c12. The Morgan fingerprint density at radius 1 is 0.842 bits per heavy atom. The molecule has 3 heteroatoms. The van der Waals surface area contributed by atoms with Crippen LogP contribution in [0.2, 0.25) is 0 Å². The first kappa shape index (κ1) is 11.7. The average Bonchev–Trinajstić information content (AvgIpc) is 2.86. The van der Waals surface area contributed by atoms with E-state index in [0.717, 1.165) is 33.7 Å². The summed E-state index contributed by atoms with van der Waals surface area (Å²) in [6.07, 6.45) is 0. The van der Waals surface area contributed by atoms with Crippen molar-refractivity contribution in [1.82, 2.24) is 4.98 Å². The number of hydrogen-bond donors (Lipinski definition) is 1. The van der Waals surface area contributed by atoms with Gasteiger partial charge in [0, 0.05) is 5.56 Å². The van der Waals surface area contributed by atoms with E-state index in [1.807, 2.05) is 36.4 Å². The smallest absolute Gasteiger partial charge is 0.155 e. The Labute approximate surface area is 111 Å². The fraction of sp³-hybridized carbons (Fsp3) is 0.125. The van der Waals surface area contributed by atoms with Crippen molar-refractivity contribution in [3.63, 3.8) is 0 Å². The molecule has 0 unspecified atom stereocenters. The summed E-state index contributed by atoms with van der Waals surface area (Å²) >= 11 is 0. The van der Waals surface area contributed by atoms with Gasteiger partial charge in [0.1, 0.15) is 5.75 Å². The Hall–Kier alpha value is -2.42. The lowest BCUT2D eigenvalue weighted by Crippen LogP contribution is -1.87. The molecule has 0 fully saturated rings. The number of aromatic amines is 1. The van der Waals surface area contributed by atoms with E-state index in [9.17, 15) is 0 Å². The van der Waals surface area contributed by atoms with Crippen LogP contribution in [0.5, 0.6) is 11.5 Å². The summed E-state index contributed by atoms with van der Waals surface area (Å²) in [7, 11) is 3.35. The quantitative estimate of drug-likeness (QED) is 0.769. The molecular formula is C16H15NO2. The van der Waals surface area contributed by atoms with Crippen molar-refractivity contribution in [2.45, 2.75) is 0 Å². The Morgan fingerprint density at radius 2 is 1.63 bits per heavy atom. The number of rotatable bonds is 3. The van der Waals surface area contributed by atoms with Gasteiger partial charge in [0.25, 0.3) is 0 Å². The molecule has 3 nitrogen and oxygen atoms in total. The molecule has 1 N–H and O–H groups in total. The number of aromatic nitrogens is 1. The summed E-state index contributed by atoms with van der Waals surface area (Å²) in [6, 6.07) is 16.1. The molecule has 0 saturated carbocycles. The first-order chi connectivity index (χ1) is 9.35. The molecule has 0 saturated heterocycles. The third kappa shape index (κ3) is 1.83. The molecule has 0 aliphatic rings. The van der Waals surface area contributed by atoms with Crippen molar-refractivity contribution < 1.29 is 9.47 Å². The van der Waals surface area contributed by atoms with E-state index < -0.39 is 0 Å². The number of methoxy groups -OCH3 is 2. The van der Waals surface area contributed by atoms with Crippen molar-refractivity contribution >= 4 is 10.9 Å². The predicted molar refractivity (Wildman–Crippen MR) is 76.8 cm³/mol. The van der Waals surface area contributed by atoms with E-state index in [1.165, 1.54) is 0 Å². The van der Waals surface area contributed by atoms with Crippen LogP contribution < -0.4 is 9.47 Å². The number of hydrogen-bond acceptors (Lipinski definition) is 2. The zero-order valence-electron chi connectivity index (χ0n) is 10.9. The van der Waals surface area contributed by atoms with Gasteiger partial charge in [-0.2, -0.15) is 0 Å². The van der Waals surface area contributed by atoms with E-state index in [0.29, 0.717) is 0 Å². The van der Waals surface area contributed by atoms with Gasteiger partial charge < -0.3 is 14.5 Å². The van der Waals surface area contributed by atoms with Crippen LogP contribution in [-0.4, -0.2) is 19.2 Å². The zero-order valence-corrected chi connectivity index (χ0v) is 10.9. The molecule has 0 aliphatic carbocycles. The van der Waals surface area contributed by atoms with Crippen molar-refractivity contribution in [1.29, 1.82) is 0 Å². The zero-order chi connectivity index (χ0) is 13.2. The maximum Gasteiger partial charge on any atom is 0.155 e. The fourth-order valence-electron chi connectivity index (χ4n) is 2.37. The number of H-pyrrole nitrogens is 1. The minimum absolute atomic E-state index is 0.813. The van der Waals surface area contributed by atoms with Gasteiger partial charge in [0.05, 0.1) is 30.8 Å². The molecule has 1 heterocycles. The molecule has 0 amide bonds. The maximum absolute atomic E-state index is 5.58. The van der Waals surface area contributed by atoms with Crippen LogP contribution in [0.3, 0.4) is 0 Å². The summed E-state index contributed by atoms with van der Waals surface area (Å²) in [4.78, 5) is 3.40. The maximum atomic E-state index is 5.58. The highest BCUT2D eigenvalue weighted by atomic mass is 16.5. The highest BCUT2D eigenvalue weighted by molar-refractivity contribution is 5.98. The van der Waals surface area contributed by atoms with Crippen LogP contribution in [0.15, 0.2) is 48.5 Å². The van der Waals surface area contributed by atoms with Crippen LogP contribution in [-0.2, 0) is 0 Å². The first-order valence-electron chi connectivity index (χ1n) is 6.13. The highest BCUT2D eigenvalue weighted by Gasteiger charge is 2.16. The molecule has 0 bridgehead atoms. The van der Waals surface area contributed by atoms with Crippen LogP contribution >= 0.6 is 0 Å². The molecule has 0 radical (unpaired) electrons. The van der Waals surface area contributed by atoms with Crippen molar-refractivity contribution in [3.8, 4) is 22.8 Å². The van der Waals surface area contributed by atoms with Gasteiger partial charge >= 0.3 is 0 Å². The lowest BCUT2D eigenvalue weighted by Gasteiger charge is -2.05. The second-order valence-corrected chi connectivity index (χ2v) is 4.28. The lowest BCUT2D eigenvalue weighted by atomic mass is 10.1. The topological polar surface area (TPSA) is 34.2 Å². The lowest BCUT2D eigenvalue weighted by molar-refractivity contribution is 0.406. The molecule has 0 aliphatic heterocycles. The normalized spacial score (nSPS) is 10.6. The van der Waals surface area contributed by atoms with Crippen LogP contribution in [0.1, 0.15) is 0 Å². The molecule has 1 aromatic heterocycles. The molecule has 3 rings (SSSR count). The van der Waals surface area contributed by atoms with Gasteiger partial charge in [0.15, 0.2) is 5.75 Å². The third-order valence-electron chi connectivity index (χ3n) is 3.23. The molecular weight excluding hydrogens is 238 g/mol. The van der Waals surface area contributed by atoms with Crippen molar-refractivity contribution in [3.05, 3.63) is 48.5 Å². The van der Waals surface area contributed by atoms with Gasteiger partial charge in [0.2, 0.25) is 0 Å². The van der Waals surface area contributed by atoms with E-state index in [4.69, 9.17) is 9.47 Å². The summed E-state index contributed by atoms with van der Waals surface area (Å²) in [6.45, 7) is 0. The van der Waals surface area contributed by atoms with Gasteiger partial charge in [-0.25, -0.2) is 0 Å². The predicted octanol–water partition coefficient (Wildman–Crippen LogP) is 3.85. The van der Waals surface area contributed by atoms with E-state index in [1.54, 1.807) is 14.2 Å². The van der Waals surface area contributed by atoms with E-state index >= 15 is 0 Å². The molecule has 0 spiro atoms. The minimum Gasteiger partial charge on any atom is -0.496 e. The molecule has 2 aromatic carbocycles. The Kier molecular flexibility index (Phi) is 2.88. The van der Waals surface area contributed by atoms with Crippen LogP contribution in [0, 0.1) is 0 Å². The van der Waals surface area contributed by atoms with E-state index in [2.05, 4.69) is 17.1 Å². The first-order valence-corrected chi connectivity index (χ1v) is 6.13. The Morgan fingerprint density at radius 3 is 2.32 bits per heavy atom. The minimum atomic E-state index is 0.813. The number of nitrogens with one attached hydrogen (secondary N) is 1. The van der Waals surface area contributed by atoms with E-state index in [-0.39, 0.29) is 0 Å². The summed E-state index contributed by atoms with van der Waals surface area (Å²) in [5.74, 6) is 1.63. The second kappa shape index (κ2) is 4.69. The Bertz CT molecular complexity index is 701. The second-order valence-electron chi connectivity index (χ2n) is 4.28. The average molecular weight is 253 g/mol. The number of fused-ring (bicyclic) bond motifs is 1. The van der Waals surface area contributed by atoms with Gasteiger partial charge in [-0.1, -0.05) is 36.4 Å². The molecule has 0 atom stereocenters. The highest BCUT2D eigenvalue weighted by Crippen LogP contribution is 2.41. The van der Waals surface area contributed by atoms with Gasteiger partial charge in [-0.05, 0) is 12.1 Å². The molecule has 3 aromatic rings. The Balaban J connectivity index is 2.32. The monoisotopic (exact) mass is 253 g/mol. The molecule has 96 valence electrons. The number of benzene rings is 2.